The maximum Gasteiger partial charge on any atom is 0.224 e. The highest BCUT2D eigenvalue weighted by Gasteiger charge is 2.48. The molecular formula is C26H36N6O4S. The number of nitrogens with zero attached hydrogens (tertiary/aromatic N) is 4. The Morgan fingerprint density at radius 1 is 1.11 bits per heavy atom. The van der Waals surface area contributed by atoms with Crippen LogP contribution < -0.4 is 10.6 Å². The van der Waals surface area contributed by atoms with Crippen LogP contribution in [-0.4, -0.2) is 78.9 Å². The molecule has 0 radical (unpaired) electrons. The van der Waals surface area contributed by atoms with Crippen LogP contribution in [0.15, 0.2) is 12.3 Å². The Morgan fingerprint density at radius 3 is 2.57 bits per heavy atom. The third-order valence-corrected chi connectivity index (χ3v) is 8.32. The fraction of sp³-hybridized carbons (Fsp3) is 0.615. The number of thiazole rings is 1. The highest BCUT2D eigenvalue weighted by atomic mass is 32.1. The van der Waals surface area contributed by atoms with Gasteiger partial charge in [-0.3, -0.25) is 4.98 Å². The Hall–Kier alpha value is -2.44. The third kappa shape index (κ3) is 5.70. The fourth-order valence-electron chi connectivity index (χ4n) is 4.93. The van der Waals surface area contributed by atoms with Gasteiger partial charge in [-0.05, 0) is 58.9 Å². The quantitative estimate of drug-likeness (QED) is 0.249. The van der Waals surface area contributed by atoms with Crippen LogP contribution in [0.3, 0.4) is 0 Å². The summed E-state index contributed by atoms with van der Waals surface area (Å²) in [6.07, 6.45) is 2.55. The SMILES string of the molecule is Cc1nc(NCCOCC2CC2)nc(N[C@@H]2C[C@H](C(C)(C)O)[C@@H](O)[C@H]2O)c1-c1nc2c(C)nccc2s1. The lowest BCUT2D eigenvalue weighted by Crippen LogP contribution is -2.40. The molecule has 0 bridgehead atoms. The smallest absolute Gasteiger partial charge is 0.224 e. The molecule has 200 valence electrons. The van der Waals surface area contributed by atoms with Crippen LogP contribution in [0.2, 0.25) is 0 Å². The van der Waals surface area contributed by atoms with Crippen molar-refractivity contribution in [3.63, 3.8) is 0 Å². The van der Waals surface area contributed by atoms with Gasteiger partial charge in [0, 0.05) is 25.3 Å². The van der Waals surface area contributed by atoms with Crippen molar-refractivity contribution in [2.24, 2.45) is 11.8 Å². The second-order valence-electron chi connectivity index (χ2n) is 10.8. The van der Waals surface area contributed by atoms with E-state index >= 15 is 0 Å². The minimum atomic E-state index is -1.13. The van der Waals surface area contributed by atoms with Crippen molar-refractivity contribution in [2.45, 2.75) is 70.8 Å². The van der Waals surface area contributed by atoms with Crippen LogP contribution in [-0.2, 0) is 4.74 Å². The summed E-state index contributed by atoms with van der Waals surface area (Å²) in [4.78, 5) is 18.7. The van der Waals surface area contributed by atoms with E-state index in [2.05, 4.69) is 15.6 Å². The van der Waals surface area contributed by atoms with Gasteiger partial charge in [0.2, 0.25) is 5.95 Å². The van der Waals surface area contributed by atoms with E-state index in [0.29, 0.717) is 37.3 Å². The van der Waals surface area contributed by atoms with Gasteiger partial charge in [-0.1, -0.05) is 0 Å². The molecule has 2 saturated carbocycles. The van der Waals surface area contributed by atoms with Gasteiger partial charge in [-0.25, -0.2) is 9.97 Å². The van der Waals surface area contributed by atoms with E-state index in [-0.39, 0.29) is 0 Å². The first-order valence-corrected chi connectivity index (χ1v) is 13.7. The summed E-state index contributed by atoms with van der Waals surface area (Å²) in [5.41, 5.74) is 2.02. The van der Waals surface area contributed by atoms with Crippen LogP contribution in [0.25, 0.3) is 20.8 Å². The molecule has 2 aliphatic rings. The predicted octanol–water partition coefficient (Wildman–Crippen LogP) is 2.90. The van der Waals surface area contributed by atoms with Crippen molar-refractivity contribution < 1.29 is 20.1 Å². The third-order valence-electron chi connectivity index (χ3n) is 7.29. The van der Waals surface area contributed by atoms with E-state index in [0.717, 1.165) is 38.8 Å². The number of hydrogen-bond donors (Lipinski definition) is 5. The van der Waals surface area contributed by atoms with Gasteiger partial charge in [0.15, 0.2) is 0 Å². The zero-order chi connectivity index (χ0) is 26.3. The van der Waals surface area contributed by atoms with Gasteiger partial charge < -0.3 is 30.7 Å². The molecule has 11 heteroatoms. The number of aryl methyl sites for hydroxylation is 2. The summed E-state index contributed by atoms with van der Waals surface area (Å²) >= 11 is 1.53. The van der Waals surface area contributed by atoms with Crippen molar-refractivity contribution >= 4 is 33.3 Å². The zero-order valence-corrected chi connectivity index (χ0v) is 22.5. The minimum Gasteiger partial charge on any atom is -0.390 e. The molecule has 5 rings (SSSR count). The largest absolute Gasteiger partial charge is 0.390 e. The molecule has 3 aromatic heterocycles. The number of rotatable bonds is 10. The Labute approximate surface area is 220 Å². The lowest BCUT2D eigenvalue weighted by molar-refractivity contribution is -0.0601. The minimum absolute atomic E-state index is 0.384. The topological polar surface area (TPSA) is 146 Å². The number of hydrogen-bond acceptors (Lipinski definition) is 11. The van der Waals surface area contributed by atoms with Crippen LogP contribution >= 0.6 is 11.3 Å². The van der Waals surface area contributed by atoms with Gasteiger partial charge in [0.1, 0.15) is 22.4 Å². The monoisotopic (exact) mass is 528 g/mol. The normalized spacial score (nSPS) is 24.1. The number of pyridine rings is 1. The van der Waals surface area contributed by atoms with Crippen LogP contribution in [0.1, 0.15) is 44.5 Å². The molecule has 3 aromatic rings. The second-order valence-corrected chi connectivity index (χ2v) is 11.8. The van der Waals surface area contributed by atoms with E-state index in [1.807, 2.05) is 19.9 Å². The first-order chi connectivity index (χ1) is 17.6. The summed E-state index contributed by atoms with van der Waals surface area (Å²) < 4.78 is 6.74. The first-order valence-electron chi connectivity index (χ1n) is 12.9. The first kappa shape index (κ1) is 26.2. The van der Waals surface area contributed by atoms with Gasteiger partial charge in [-0.2, -0.15) is 4.98 Å². The molecule has 3 heterocycles. The van der Waals surface area contributed by atoms with Crippen molar-refractivity contribution in [2.75, 3.05) is 30.4 Å². The Kier molecular flexibility index (Phi) is 7.34. The van der Waals surface area contributed by atoms with E-state index in [1.165, 1.54) is 24.2 Å². The molecule has 0 unspecified atom stereocenters. The van der Waals surface area contributed by atoms with Crippen LogP contribution in [0.4, 0.5) is 11.8 Å². The van der Waals surface area contributed by atoms with Crippen LogP contribution in [0, 0.1) is 25.7 Å². The molecule has 4 atom stereocenters. The standard InChI is InChI=1S/C26H36N6O4S/c1-13-19(24-31-20-14(2)27-8-7-18(20)37-24)23(30-17-11-16(26(3,4)35)21(33)22(17)34)32-25(29-13)28-9-10-36-12-15-5-6-15/h7-8,15-17,21-22,33-35H,5-6,9-12H2,1-4H3,(H2,28,29,30,32)/t16-,17+,21+,22-/m0/s1. The molecule has 0 aromatic carbocycles. The van der Waals surface area contributed by atoms with Gasteiger partial charge >= 0.3 is 0 Å². The summed E-state index contributed by atoms with van der Waals surface area (Å²) in [5.74, 6) is 1.20. The number of aromatic nitrogens is 4. The Balaban J connectivity index is 1.44. The van der Waals surface area contributed by atoms with Crippen molar-refractivity contribution in [1.29, 1.82) is 0 Å². The summed E-state index contributed by atoms with van der Waals surface area (Å²) in [7, 11) is 0. The van der Waals surface area contributed by atoms with E-state index < -0.39 is 29.8 Å². The molecule has 0 aliphatic heterocycles. The lowest BCUT2D eigenvalue weighted by Gasteiger charge is -2.28. The maximum atomic E-state index is 10.8. The summed E-state index contributed by atoms with van der Waals surface area (Å²) in [6, 6.07) is 1.43. The molecule has 0 saturated heterocycles. The number of aliphatic hydroxyl groups is 3. The summed E-state index contributed by atoms with van der Waals surface area (Å²) in [5, 5.41) is 39.4. The Morgan fingerprint density at radius 2 is 1.89 bits per heavy atom. The van der Waals surface area contributed by atoms with Gasteiger partial charge in [0.25, 0.3) is 0 Å². The molecular weight excluding hydrogens is 492 g/mol. The molecule has 2 fully saturated rings. The van der Waals surface area contributed by atoms with Crippen LogP contribution in [0.5, 0.6) is 0 Å². The molecule has 0 spiro atoms. The zero-order valence-electron chi connectivity index (χ0n) is 21.7. The average Bonchev–Trinajstić information content (AvgIpc) is 3.48. The van der Waals surface area contributed by atoms with E-state index in [4.69, 9.17) is 19.7 Å². The molecule has 5 N–H and O–H groups in total. The summed E-state index contributed by atoms with van der Waals surface area (Å²) in [6.45, 7) is 9.08. The molecule has 2 aliphatic carbocycles. The van der Waals surface area contributed by atoms with Crippen molar-refractivity contribution in [3.8, 4) is 10.6 Å². The van der Waals surface area contributed by atoms with E-state index in [1.54, 1.807) is 20.0 Å². The van der Waals surface area contributed by atoms with Crippen molar-refractivity contribution in [1.82, 2.24) is 19.9 Å². The number of aliphatic hydroxyl groups excluding tert-OH is 2. The lowest BCUT2D eigenvalue weighted by atomic mass is 9.88. The molecule has 10 nitrogen and oxygen atoms in total. The van der Waals surface area contributed by atoms with Crippen molar-refractivity contribution in [3.05, 3.63) is 23.7 Å². The molecule has 37 heavy (non-hydrogen) atoms. The molecule has 0 amide bonds. The van der Waals surface area contributed by atoms with E-state index in [9.17, 15) is 15.3 Å². The maximum absolute atomic E-state index is 10.8. The number of fused-ring (bicyclic) bond motifs is 1. The second kappa shape index (κ2) is 10.4. The van der Waals surface area contributed by atoms with Gasteiger partial charge in [0.05, 0.1) is 46.0 Å². The van der Waals surface area contributed by atoms with Gasteiger partial charge in [-0.15, -0.1) is 11.3 Å². The fourth-order valence-corrected chi connectivity index (χ4v) is 6.04. The number of anilines is 2. The highest BCUT2D eigenvalue weighted by Crippen LogP contribution is 2.40. The number of ether oxygens (including phenoxy) is 1. The predicted molar refractivity (Wildman–Crippen MR) is 144 cm³/mol. The Bertz CT molecular complexity index is 1260. The number of nitrogens with one attached hydrogen (secondary N) is 2. The highest BCUT2D eigenvalue weighted by molar-refractivity contribution is 7.21. The average molecular weight is 529 g/mol.